The number of nitrogens with zero attached hydrogens (tertiary/aromatic N) is 1. The zero-order valence-electron chi connectivity index (χ0n) is 20.2. The molecule has 1 fully saturated rings. The number of hydrogen-bond acceptors (Lipinski definition) is 6. The third-order valence-electron chi connectivity index (χ3n) is 6.09. The van der Waals surface area contributed by atoms with Gasteiger partial charge >= 0.3 is 12.1 Å². The third-order valence-corrected chi connectivity index (χ3v) is 6.09. The van der Waals surface area contributed by atoms with E-state index in [1.54, 1.807) is 0 Å². The lowest BCUT2D eigenvalue weighted by Crippen LogP contribution is -2.52. The van der Waals surface area contributed by atoms with Crippen LogP contribution in [0.1, 0.15) is 61.2 Å². The molecule has 0 spiro atoms. The van der Waals surface area contributed by atoms with Crippen LogP contribution in [0.5, 0.6) is 0 Å². The summed E-state index contributed by atoms with van der Waals surface area (Å²) in [4.78, 5) is 40.9. The van der Waals surface area contributed by atoms with Crippen molar-refractivity contribution >= 4 is 23.9 Å². The summed E-state index contributed by atoms with van der Waals surface area (Å²) >= 11 is 0. The maximum atomic E-state index is 12.5. The number of guanidine groups is 1. The molecule has 0 aromatic carbocycles. The highest BCUT2D eigenvalue weighted by Crippen LogP contribution is 2.41. The number of alkyl carbamates (subject to hydrolysis) is 1. The fourth-order valence-electron chi connectivity index (χ4n) is 4.51. The zero-order valence-corrected chi connectivity index (χ0v) is 20.2. The highest BCUT2D eigenvalue weighted by Gasteiger charge is 2.53. The molecule has 1 saturated carbocycles. The van der Waals surface area contributed by atoms with Crippen molar-refractivity contribution in [1.29, 1.82) is 0 Å². The van der Waals surface area contributed by atoms with Crippen molar-refractivity contribution in [2.24, 2.45) is 34.2 Å². The van der Waals surface area contributed by atoms with Gasteiger partial charge in [-0.3, -0.25) is 9.59 Å². The summed E-state index contributed by atoms with van der Waals surface area (Å²) in [5, 5.41) is 15.4. The van der Waals surface area contributed by atoms with Crippen LogP contribution >= 0.6 is 0 Å². The lowest BCUT2D eigenvalue weighted by Gasteiger charge is -2.36. The minimum absolute atomic E-state index is 0. The van der Waals surface area contributed by atoms with Gasteiger partial charge in [-0.15, -0.1) is 0 Å². The van der Waals surface area contributed by atoms with Crippen LogP contribution in [-0.4, -0.2) is 67.0 Å². The molecule has 192 valence electrons. The molecule has 0 aromatic heterocycles. The number of hydrogen-bond donors (Lipinski definition) is 5. The average molecular weight is 476 g/mol. The Morgan fingerprint density at radius 1 is 1.18 bits per heavy atom. The second-order valence-electron chi connectivity index (χ2n) is 8.44. The Balaban J connectivity index is 0.0000109. The van der Waals surface area contributed by atoms with Crippen LogP contribution in [0.4, 0.5) is 4.79 Å². The summed E-state index contributed by atoms with van der Waals surface area (Å²) in [5.41, 5.74) is 11.2. The van der Waals surface area contributed by atoms with Gasteiger partial charge in [0.15, 0.2) is 5.96 Å². The Morgan fingerprint density at radius 2 is 1.85 bits per heavy atom. The molecular weight excluding hydrogens is 430 g/mol. The number of nitrogens with two attached hydrogens (primary N) is 2. The number of nitrogens with one attached hydrogen (secondary N) is 2. The molecular formula is C22H43N5O6. The van der Waals surface area contributed by atoms with Gasteiger partial charge in [-0.1, -0.05) is 40.0 Å². The Hall–Kier alpha value is -2.56. The minimum atomic E-state index is -1.11. The number of unbranched alkanes of at least 4 members (excludes halogenated alkanes) is 1. The number of carbonyl (C=O) groups is 3. The second kappa shape index (κ2) is 14.6. The molecule has 7 N–H and O–H groups in total. The lowest BCUT2D eigenvalue weighted by atomic mass is 9.80. The summed E-state index contributed by atoms with van der Waals surface area (Å²) in [5.74, 6) is -3.16. The minimum Gasteiger partial charge on any atom is -0.481 e. The van der Waals surface area contributed by atoms with Gasteiger partial charge in [-0.25, -0.2) is 9.79 Å². The first-order valence-corrected chi connectivity index (χ1v) is 11.8. The molecule has 33 heavy (non-hydrogen) atoms. The Bertz CT molecular complexity index is 672. The summed E-state index contributed by atoms with van der Waals surface area (Å²) in [6.45, 7) is 8.59. The summed E-state index contributed by atoms with van der Waals surface area (Å²) < 4.78 is 11.1. The molecule has 0 aromatic rings. The van der Waals surface area contributed by atoms with E-state index in [1.807, 2.05) is 13.8 Å². The van der Waals surface area contributed by atoms with E-state index in [0.29, 0.717) is 13.2 Å². The number of carboxylic acid groups (broad SMARTS) is 1. The normalized spacial score (nSPS) is 23.1. The van der Waals surface area contributed by atoms with Crippen molar-refractivity contribution in [3.05, 3.63) is 0 Å². The van der Waals surface area contributed by atoms with Gasteiger partial charge in [0, 0.05) is 33.5 Å². The van der Waals surface area contributed by atoms with Crippen LogP contribution in [0, 0.1) is 17.8 Å². The van der Waals surface area contributed by atoms with Crippen LogP contribution in [-0.2, 0) is 19.1 Å². The maximum Gasteiger partial charge on any atom is 0.407 e. The van der Waals surface area contributed by atoms with Crippen molar-refractivity contribution < 1.29 is 30.4 Å². The number of ether oxygens (including phenoxy) is 2. The summed E-state index contributed by atoms with van der Waals surface area (Å²) in [6, 6.07) is -1.09. The fourth-order valence-corrected chi connectivity index (χ4v) is 4.51. The number of rotatable bonds is 14. The molecule has 0 bridgehead atoms. The molecule has 1 aliphatic rings. The quantitative estimate of drug-likeness (QED) is 0.142. The van der Waals surface area contributed by atoms with E-state index in [0.717, 1.165) is 25.7 Å². The molecule has 1 rings (SSSR count). The molecule has 11 heteroatoms. The highest BCUT2D eigenvalue weighted by molar-refractivity contribution is 5.77. The average Bonchev–Trinajstić information content (AvgIpc) is 3.07. The van der Waals surface area contributed by atoms with Gasteiger partial charge in [0.25, 0.3) is 0 Å². The molecule has 0 radical (unpaired) electrons. The van der Waals surface area contributed by atoms with E-state index in [9.17, 15) is 19.5 Å². The first-order chi connectivity index (χ1) is 15.7. The second-order valence-corrected chi connectivity index (χ2v) is 8.44. The maximum absolute atomic E-state index is 12.5. The van der Waals surface area contributed by atoms with Gasteiger partial charge in [0.2, 0.25) is 5.91 Å². The Morgan fingerprint density at radius 3 is 2.36 bits per heavy atom. The number of aliphatic carboxylic acids is 1. The number of amides is 2. The van der Waals surface area contributed by atoms with Crippen LogP contribution in [0.3, 0.4) is 0 Å². The van der Waals surface area contributed by atoms with Crippen molar-refractivity contribution in [3.63, 3.8) is 0 Å². The first-order valence-electron chi connectivity index (χ1n) is 11.8. The standard InChI is InChI=1S/C22H41N5O6.H2/c1-5-8-10-32-11-9-25-22(31)33-19-15(20(29)30)12-16(27-21(23)24)17(19)18(26-13(4)28)14(6-2)7-3;/h14-19H,5-12H2,1-4H3,(H,25,31)(H,26,28)(H,29,30)(H4,23,24,27);1H/t15-,16+,17+,18+,19+;/m0./s1/i;1+2. The third kappa shape index (κ3) is 9.07. The van der Waals surface area contributed by atoms with E-state index in [4.69, 9.17) is 20.9 Å². The Labute approximate surface area is 197 Å². The highest BCUT2D eigenvalue weighted by atomic mass is 16.6. The zero-order chi connectivity index (χ0) is 25.0. The number of aliphatic imine (C=N–C) groups is 1. The predicted molar refractivity (Wildman–Crippen MR) is 127 cm³/mol. The number of carboxylic acids is 1. The van der Waals surface area contributed by atoms with Crippen molar-refractivity contribution in [3.8, 4) is 0 Å². The van der Waals surface area contributed by atoms with E-state index in [1.165, 1.54) is 6.92 Å². The van der Waals surface area contributed by atoms with Gasteiger partial charge < -0.3 is 36.7 Å². The Kier molecular flexibility index (Phi) is 12.6. The molecule has 0 heterocycles. The molecule has 0 saturated heterocycles. The lowest BCUT2D eigenvalue weighted by molar-refractivity contribution is -0.145. The molecule has 2 amide bonds. The van der Waals surface area contributed by atoms with E-state index in [2.05, 4.69) is 22.5 Å². The molecule has 0 aliphatic heterocycles. The van der Waals surface area contributed by atoms with E-state index < -0.39 is 42.1 Å². The smallest absolute Gasteiger partial charge is 0.407 e. The van der Waals surface area contributed by atoms with Gasteiger partial charge in [0.05, 0.1) is 18.6 Å². The molecule has 5 atom stereocenters. The van der Waals surface area contributed by atoms with Gasteiger partial charge in [-0.2, -0.15) is 0 Å². The molecule has 1 aliphatic carbocycles. The largest absolute Gasteiger partial charge is 0.481 e. The summed E-state index contributed by atoms with van der Waals surface area (Å²) in [6.07, 6.45) is 1.74. The molecule has 0 unspecified atom stereocenters. The van der Waals surface area contributed by atoms with Crippen LogP contribution < -0.4 is 22.1 Å². The number of carbonyl (C=O) groups excluding carboxylic acids is 2. The van der Waals surface area contributed by atoms with Crippen molar-refractivity contribution in [2.75, 3.05) is 19.8 Å². The summed E-state index contributed by atoms with van der Waals surface area (Å²) in [7, 11) is 0. The van der Waals surface area contributed by atoms with Gasteiger partial charge in [-0.05, 0) is 18.8 Å². The molecule has 11 nitrogen and oxygen atoms in total. The first kappa shape index (κ1) is 28.5. The van der Waals surface area contributed by atoms with Crippen LogP contribution in [0.2, 0.25) is 0 Å². The fraction of sp³-hybridized carbons (Fsp3) is 0.818. The predicted octanol–water partition coefficient (Wildman–Crippen LogP) is 1.45. The van der Waals surface area contributed by atoms with Crippen LogP contribution in [0.25, 0.3) is 0 Å². The SMILES string of the molecule is CCCCOCCNC(=O)O[C@H]1[C@@H]([C@H](NC(C)=O)C(CC)CC)[C@H](N=C(N)N)C[C@@H]1C(=O)O.[3HH]. The van der Waals surface area contributed by atoms with Crippen LogP contribution in [0.15, 0.2) is 4.99 Å². The van der Waals surface area contributed by atoms with Crippen molar-refractivity contribution in [1.82, 2.24) is 10.6 Å². The van der Waals surface area contributed by atoms with E-state index >= 15 is 0 Å². The monoisotopic (exact) mass is 475 g/mol. The van der Waals surface area contributed by atoms with Crippen molar-refractivity contribution in [2.45, 2.75) is 78.0 Å². The van der Waals surface area contributed by atoms with E-state index in [-0.39, 0.29) is 32.2 Å². The topological polar surface area (TPSA) is 178 Å². The van der Waals surface area contributed by atoms with Gasteiger partial charge in [0.1, 0.15) is 6.10 Å².